The number of hydrogen-bond acceptors (Lipinski definition) is 4. The summed E-state index contributed by atoms with van der Waals surface area (Å²) in [6, 6.07) is 9.49. The summed E-state index contributed by atoms with van der Waals surface area (Å²) in [6.07, 6.45) is -0.151. The highest BCUT2D eigenvalue weighted by Gasteiger charge is 2.32. The van der Waals surface area contributed by atoms with Crippen LogP contribution in [0.15, 0.2) is 30.3 Å². The van der Waals surface area contributed by atoms with Gasteiger partial charge in [-0.25, -0.2) is 4.79 Å². The number of likely N-dealkylation sites (tertiary alicyclic amines) is 1. The van der Waals surface area contributed by atoms with E-state index in [-0.39, 0.29) is 11.8 Å². The first-order chi connectivity index (χ1) is 11.8. The monoisotopic (exact) mass is 348 g/mol. The standard InChI is InChI=1S/C19H28N2O4/c1-19(2,3)25-18(23)20-12-14-10-11-21(13-14)17(22)16(24-4)15-8-6-5-7-9-15/h5-9,14,16H,10-13H2,1-4H3,(H,20,23)/t14-,16-/m0/s1. The van der Waals surface area contributed by atoms with Gasteiger partial charge in [0.05, 0.1) is 0 Å². The Hall–Kier alpha value is -2.08. The van der Waals surface area contributed by atoms with Crippen molar-refractivity contribution in [1.29, 1.82) is 0 Å². The third-order valence-corrected chi connectivity index (χ3v) is 4.09. The molecule has 1 N–H and O–H groups in total. The van der Waals surface area contributed by atoms with Crippen molar-refractivity contribution in [1.82, 2.24) is 10.2 Å². The molecule has 25 heavy (non-hydrogen) atoms. The SMILES string of the molecule is CO[C@H](C(=O)N1CC[C@@H](CNC(=O)OC(C)(C)C)C1)c1ccccc1. The minimum Gasteiger partial charge on any atom is -0.444 e. The minimum atomic E-state index is -0.584. The van der Waals surface area contributed by atoms with Crippen molar-refractivity contribution >= 4 is 12.0 Å². The van der Waals surface area contributed by atoms with Crippen molar-refractivity contribution in [3.63, 3.8) is 0 Å². The summed E-state index contributed by atoms with van der Waals surface area (Å²) in [7, 11) is 1.55. The minimum absolute atomic E-state index is 0.0338. The first-order valence-corrected chi connectivity index (χ1v) is 8.63. The van der Waals surface area contributed by atoms with Crippen LogP contribution in [0.2, 0.25) is 0 Å². The number of carbonyl (C=O) groups is 2. The van der Waals surface area contributed by atoms with Gasteiger partial charge in [-0.2, -0.15) is 0 Å². The van der Waals surface area contributed by atoms with Crippen LogP contribution in [0.1, 0.15) is 38.9 Å². The number of carbonyl (C=O) groups excluding carboxylic acids is 2. The number of nitrogens with zero attached hydrogens (tertiary/aromatic N) is 1. The summed E-state index contributed by atoms with van der Waals surface area (Å²) < 4.78 is 10.7. The lowest BCUT2D eigenvalue weighted by atomic mass is 10.1. The van der Waals surface area contributed by atoms with Crippen LogP contribution in [0.5, 0.6) is 0 Å². The van der Waals surface area contributed by atoms with Crippen LogP contribution in [-0.4, -0.2) is 49.2 Å². The lowest BCUT2D eigenvalue weighted by molar-refractivity contribution is -0.141. The summed E-state index contributed by atoms with van der Waals surface area (Å²) in [5, 5.41) is 2.79. The number of ether oxygens (including phenoxy) is 2. The molecule has 0 unspecified atom stereocenters. The Morgan fingerprint density at radius 3 is 2.56 bits per heavy atom. The third kappa shape index (κ3) is 5.74. The highest BCUT2D eigenvalue weighted by Crippen LogP contribution is 2.24. The van der Waals surface area contributed by atoms with E-state index in [1.807, 2.05) is 56.0 Å². The number of amides is 2. The molecular weight excluding hydrogens is 320 g/mol. The zero-order valence-electron chi connectivity index (χ0n) is 15.5. The van der Waals surface area contributed by atoms with Crippen LogP contribution in [0.3, 0.4) is 0 Å². The molecule has 1 aromatic carbocycles. The van der Waals surface area contributed by atoms with Gasteiger partial charge in [0.1, 0.15) is 5.60 Å². The molecule has 2 amide bonds. The Balaban J connectivity index is 1.85. The molecule has 0 radical (unpaired) electrons. The Morgan fingerprint density at radius 1 is 1.28 bits per heavy atom. The lowest BCUT2D eigenvalue weighted by Gasteiger charge is -2.23. The van der Waals surface area contributed by atoms with Gasteiger partial charge in [-0.05, 0) is 38.7 Å². The second kappa shape index (κ2) is 8.34. The molecule has 6 nitrogen and oxygen atoms in total. The van der Waals surface area contributed by atoms with Gasteiger partial charge in [0.15, 0.2) is 6.10 Å². The fourth-order valence-electron chi connectivity index (χ4n) is 2.91. The van der Waals surface area contributed by atoms with E-state index in [4.69, 9.17) is 9.47 Å². The van der Waals surface area contributed by atoms with Gasteiger partial charge in [0, 0.05) is 26.7 Å². The van der Waals surface area contributed by atoms with Gasteiger partial charge in [-0.1, -0.05) is 30.3 Å². The fraction of sp³-hybridized carbons (Fsp3) is 0.579. The summed E-state index contributed by atoms with van der Waals surface area (Å²) >= 11 is 0. The molecule has 2 rings (SSSR count). The molecule has 1 saturated heterocycles. The molecule has 0 aliphatic carbocycles. The number of methoxy groups -OCH3 is 1. The third-order valence-electron chi connectivity index (χ3n) is 4.09. The Kier molecular flexibility index (Phi) is 6.42. The molecule has 138 valence electrons. The maximum absolute atomic E-state index is 12.7. The van der Waals surface area contributed by atoms with Crippen LogP contribution >= 0.6 is 0 Å². The van der Waals surface area contributed by atoms with Crippen molar-refractivity contribution in [3.05, 3.63) is 35.9 Å². The molecule has 0 bridgehead atoms. The molecule has 0 aromatic heterocycles. The number of hydrogen-bond donors (Lipinski definition) is 1. The van der Waals surface area contributed by atoms with Crippen molar-refractivity contribution in [2.45, 2.75) is 38.9 Å². The molecule has 1 aliphatic rings. The van der Waals surface area contributed by atoms with Gasteiger partial charge in [-0.15, -0.1) is 0 Å². The number of benzene rings is 1. The predicted molar refractivity (Wildman–Crippen MR) is 95.1 cm³/mol. The fourth-order valence-corrected chi connectivity index (χ4v) is 2.91. The van der Waals surface area contributed by atoms with Crippen LogP contribution in [-0.2, 0) is 14.3 Å². The largest absolute Gasteiger partial charge is 0.444 e. The second-order valence-electron chi connectivity index (χ2n) is 7.35. The lowest BCUT2D eigenvalue weighted by Crippen LogP contribution is -2.37. The first-order valence-electron chi connectivity index (χ1n) is 8.63. The number of rotatable bonds is 5. The molecule has 6 heteroatoms. The van der Waals surface area contributed by atoms with Crippen LogP contribution in [0.25, 0.3) is 0 Å². The van der Waals surface area contributed by atoms with E-state index in [1.54, 1.807) is 7.11 Å². The van der Waals surface area contributed by atoms with Crippen LogP contribution in [0.4, 0.5) is 4.79 Å². The highest BCUT2D eigenvalue weighted by atomic mass is 16.6. The van der Waals surface area contributed by atoms with E-state index in [0.29, 0.717) is 19.6 Å². The molecule has 2 atom stereocenters. The molecule has 1 aliphatic heterocycles. The number of alkyl carbamates (subject to hydrolysis) is 1. The molecule has 1 fully saturated rings. The summed E-state index contributed by atoms with van der Waals surface area (Å²) in [5.41, 5.74) is 0.341. The predicted octanol–water partition coefficient (Wildman–Crippen LogP) is 2.75. The summed E-state index contributed by atoms with van der Waals surface area (Å²) in [4.78, 5) is 26.3. The Morgan fingerprint density at radius 2 is 1.96 bits per heavy atom. The Bertz CT molecular complexity index is 583. The highest BCUT2D eigenvalue weighted by molar-refractivity contribution is 5.82. The first kappa shape index (κ1) is 19.2. The summed E-state index contributed by atoms with van der Waals surface area (Å²) in [5.74, 6) is 0.193. The van der Waals surface area contributed by atoms with Crippen LogP contribution < -0.4 is 5.32 Å². The van der Waals surface area contributed by atoms with E-state index in [9.17, 15) is 9.59 Å². The van der Waals surface area contributed by atoms with Crippen molar-refractivity contribution in [3.8, 4) is 0 Å². The van der Waals surface area contributed by atoms with Gasteiger partial charge in [0.25, 0.3) is 5.91 Å². The van der Waals surface area contributed by atoms with Crippen molar-refractivity contribution < 1.29 is 19.1 Å². The zero-order chi connectivity index (χ0) is 18.4. The topological polar surface area (TPSA) is 67.9 Å². The van der Waals surface area contributed by atoms with E-state index in [2.05, 4.69) is 5.32 Å². The van der Waals surface area contributed by atoms with E-state index in [0.717, 1.165) is 12.0 Å². The van der Waals surface area contributed by atoms with E-state index < -0.39 is 17.8 Å². The molecule has 0 spiro atoms. The van der Waals surface area contributed by atoms with Crippen molar-refractivity contribution in [2.24, 2.45) is 5.92 Å². The summed E-state index contributed by atoms with van der Waals surface area (Å²) in [6.45, 7) is 7.28. The quantitative estimate of drug-likeness (QED) is 0.888. The van der Waals surface area contributed by atoms with E-state index in [1.165, 1.54) is 0 Å². The molecular formula is C19H28N2O4. The number of nitrogens with one attached hydrogen (secondary N) is 1. The second-order valence-corrected chi connectivity index (χ2v) is 7.35. The van der Waals surface area contributed by atoms with Crippen molar-refractivity contribution in [2.75, 3.05) is 26.7 Å². The van der Waals surface area contributed by atoms with Gasteiger partial charge < -0.3 is 19.7 Å². The van der Waals surface area contributed by atoms with Gasteiger partial charge >= 0.3 is 6.09 Å². The molecule has 0 saturated carbocycles. The smallest absolute Gasteiger partial charge is 0.407 e. The van der Waals surface area contributed by atoms with Gasteiger partial charge in [-0.3, -0.25) is 4.79 Å². The average molecular weight is 348 g/mol. The normalized spacial score (nSPS) is 18.7. The zero-order valence-corrected chi connectivity index (χ0v) is 15.5. The maximum Gasteiger partial charge on any atom is 0.407 e. The van der Waals surface area contributed by atoms with Gasteiger partial charge in [0.2, 0.25) is 0 Å². The van der Waals surface area contributed by atoms with Crippen LogP contribution in [0, 0.1) is 5.92 Å². The Labute approximate surface area is 149 Å². The average Bonchev–Trinajstić information content (AvgIpc) is 3.02. The molecule has 1 aromatic rings. The van der Waals surface area contributed by atoms with E-state index >= 15 is 0 Å². The molecule has 1 heterocycles. The maximum atomic E-state index is 12.7.